The summed E-state index contributed by atoms with van der Waals surface area (Å²) in [5.41, 5.74) is -3.25. The molecule has 2 aliphatic heterocycles. The van der Waals surface area contributed by atoms with E-state index in [9.17, 15) is 30.3 Å². The highest BCUT2D eigenvalue weighted by Crippen LogP contribution is 2.36. The first-order valence-electron chi connectivity index (χ1n) is 15.1. The third-order valence-electron chi connectivity index (χ3n) is 9.46. The van der Waals surface area contributed by atoms with Crippen LogP contribution in [0.3, 0.4) is 0 Å². The van der Waals surface area contributed by atoms with Crippen LogP contribution in [0.4, 0.5) is 0 Å². The number of cyclic esters (lactones) is 1. The lowest BCUT2D eigenvalue weighted by Gasteiger charge is -2.46. The van der Waals surface area contributed by atoms with E-state index in [1.807, 2.05) is 44.8 Å². The van der Waals surface area contributed by atoms with Gasteiger partial charge in [0.2, 0.25) is 0 Å². The van der Waals surface area contributed by atoms with Crippen LogP contribution < -0.4 is 0 Å². The van der Waals surface area contributed by atoms with Gasteiger partial charge in [-0.15, -0.1) is 0 Å². The zero-order chi connectivity index (χ0) is 31.6. The maximum Gasteiger partial charge on any atom is 0.311 e. The number of carbonyl (C=O) groups is 1. The number of esters is 1. The molecule has 0 bridgehead atoms. The second kappa shape index (κ2) is 14.3. The highest BCUT2D eigenvalue weighted by atomic mass is 16.7. The number of hydrogen-bond acceptors (Lipinski definition) is 11. The molecule has 0 aromatic carbocycles. The lowest BCUT2D eigenvalue weighted by molar-refractivity contribution is -0.299. The molecule has 2 saturated heterocycles. The zero-order valence-corrected chi connectivity index (χ0v) is 27.0. The van der Waals surface area contributed by atoms with Gasteiger partial charge in [-0.05, 0) is 80.9 Å². The summed E-state index contributed by atoms with van der Waals surface area (Å²) in [5, 5.41) is 57.0. The molecule has 2 fully saturated rings. The van der Waals surface area contributed by atoms with Crippen LogP contribution in [0.2, 0.25) is 0 Å². The lowest BCUT2D eigenvalue weighted by Crippen LogP contribution is -2.59. The van der Waals surface area contributed by atoms with Crippen molar-refractivity contribution >= 4 is 5.97 Å². The SMILES string of the molecule is CC[C@H]1OC(=O)[C@H](C)C(O)[C@H](C)[C@@H](O[C@@H]2O[C@H](C)C[C@H](N(C)C)[C@H]2O)[C@](C)(O)C[C@@H](C)CN(C)[C@H](C)[C@@H](O)[C@]1(C)O. The summed E-state index contributed by atoms with van der Waals surface area (Å²) in [5.74, 6) is -2.65. The number of nitrogens with zero attached hydrogens (tertiary/aromatic N) is 2. The summed E-state index contributed by atoms with van der Waals surface area (Å²) in [6.07, 6.45) is -5.74. The predicted molar refractivity (Wildman–Crippen MR) is 155 cm³/mol. The zero-order valence-electron chi connectivity index (χ0n) is 27.0. The van der Waals surface area contributed by atoms with Crippen molar-refractivity contribution in [3.8, 4) is 0 Å². The molecule has 0 amide bonds. The lowest BCUT2D eigenvalue weighted by atomic mass is 9.78. The van der Waals surface area contributed by atoms with E-state index in [1.54, 1.807) is 27.7 Å². The van der Waals surface area contributed by atoms with E-state index < -0.39 is 71.9 Å². The van der Waals surface area contributed by atoms with Crippen molar-refractivity contribution in [2.75, 3.05) is 27.7 Å². The molecule has 2 rings (SSSR count). The largest absolute Gasteiger partial charge is 0.459 e. The molecule has 11 heteroatoms. The van der Waals surface area contributed by atoms with E-state index >= 15 is 0 Å². The van der Waals surface area contributed by atoms with E-state index in [1.165, 1.54) is 13.8 Å². The molecule has 2 aliphatic rings. The number of aliphatic hydroxyl groups is 5. The molecule has 14 atom stereocenters. The molecule has 5 N–H and O–H groups in total. The minimum Gasteiger partial charge on any atom is -0.459 e. The Morgan fingerprint density at radius 1 is 1.05 bits per heavy atom. The summed E-state index contributed by atoms with van der Waals surface area (Å²) < 4.78 is 18.1. The van der Waals surface area contributed by atoms with Gasteiger partial charge < -0.3 is 49.5 Å². The van der Waals surface area contributed by atoms with Crippen molar-refractivity contribution in [1.82, 2.24) is 9.80 Å². The van der Waals surface area contributed by atoms with Crippen LogP contribution in [-0.2, 0) is 19.0 Å². The van der Waals surface area contributed by atoms with Crippen molar-refractivity contribution in [2.24, 2.45) is 17.8 Å². The van der Waals surface area contributed by atoms with Gasteiger partial charge in [-0.2, -0.15) is 0 Å². The van der Waals surface area contributed by atoms with Crippen LogP contribution in [0.25, 0.3) is 0 Å². The van der Waals surface area contributed by atoms with Crippen LogP contribution in [0, 0.1) is 17.8 Å². The van der Waals surface area contributed by atoms with Gasteiger partial charge in [0.1, 0.15) is 23.9 Å². The van der Waals surface area contributed by atoms with E-state index in [0.717, 1.165) is 0 Å². The first-order valence-corrected chi connectivity index (χ1v) is 15.1. The summed E-state index contributed by atoms with van der Waals surface area (Å²) in [4.78, 5) is 17.1. The Labute approximate surface area is 246 Å². The normalized spacial score (nSPS) is 48.4. The van der Waals surface area contributed by atoms with Crippen molar-refractivity contribution in [3.05, 3.63) is 0 Å². The van der Waals surface area contributed by atoms with Crippen LogP contribution in [-0.4, -0.2) is 135 Å². The molecule has 0 aromatic rings. The standard InChI is InChI=1S/C30H58N2O9/c1-12-22-30(8,38)25(35)20(6)32(11)15-16(2)14-29(7,37)26(18(4)23(33)19(5)27(36)40-22)41-28-24(34)21(31(9)10)13-17(3)39-28/h16-26,28,33-35,37-38H,12-15H2,1-11H3/t16-,17-,18+,19-,20-,21+,22-,23?,24-,25-,26-,28+,29-,30-/m1/s1. The van der Waals surface area contributed by atoms with E-state index in [2.05, 4.69) is 0 Å². The highest BCUT2D eigenvalue weighted by molar-refractivity contribution is 5.73. The molecule has 1 unspecified atom stereocenters. The average molecular weight is 591 g/mol. The Kier molecular flexibility index (Phi) is 12.6. The van der Waals surface area contributed by atoms with Gasteiger partial charge in [-0.1, -0.05) is 20.8 Å². The maximum absolute atomic E-state index is 13.3. The monoisotopic (exact) mass is 590 g/mol. The predicted octanol–water partition coefficient (Wildman–Crippen LogP) is 0.976. The molecule has 0 spiro atoms. The van der Waals surface area contributed by atoms with Crippen LogP contribution >= 0.6 is 0 Å². The number of carbonyl (C=O) groups excluding carboxylic acids is 1. The van der Waals surface area contributed by atoms with Gasteiger partial charge in [0.05, 0.1) is 29.8 Å². The Hall–Kier alpha value is -0.890. The molecule has 11 nitrogen and oxygen atoms in total. The van der Waals surface area contributed by atoms with E-state index in [-0.39, 0.29) is 30.9 Å². The molecule has 242 valence electrons. The number of likely N-dealkylation sites (N-methyl/N-ethyl adjacent to an activating group) is 2. The highest BCUT2D eigenvalue weighted by Gasteiger charge is 2.49. The molecule has 41 heavy (non-hydrogen) atoms. The number of ether oxygens (including phenoxy) is 3. The third-order valence-corrected chi connectivity index (χ3v) is 9.46. The summed E-state index contributed by atoms with van der Waals surface area (Å²) in [6, 6.07) is -0.733. The fourth-order valence-corrected chi connectivity index (χ4v) is 6.74. The first-order chi connectivity index (χ1) is 18.8. The van der Waals surface area contributed by atoms with Gasteiger partial charge in [-0.3, -0.25) is 4.79 Å². The average Bonchev–Trinajstić information content (AvgIpc) is 2.87. The number of rotatable bonds is 4. The molecule has 2 heterocycles. The Morgan fingerprint density at radius 3 is 2.17 bits per heavy atom. The van der Waals surface area contributed by atoms with E-state index in [4.69, 9.17) is 14.2 Å². The fourth-order valence-electron chi connectivity index (χ4n) is 6.74. The number of aliphatic hydroxyl groups excluding tert-OH is 3. The van der Waals surface area contributed by atoms with Crippen molar-refractivity contribution in [3.63, 3.8) is 0 Å². The van der Waals surface area contributed by atoms with Crippen LogP contribution in [0.5, 0.6) is 0 Å². The Balaban J connectivity index is 2.52. The second-order valence-corrected chi connectivity index (χ2v) is 13.6. The Morgan fingerprint density at radius 2 is 1.63 bits per heavy atom. The molecule has 0 saturated carbocycles. The quantitative estimate of drug-likeness (QED) is 0.298. The molecule has 0 aliphatic carbocycles. The summed E-state index contributed by atoms with van der Waals surface area (Å²) in [7, 11) is 5.58. The fraction of sp³-hybridized carbons (Fsp3) is 0.967. The summed E-state index contributed by atoms with van der Waals surface area (Å²) >= 11 is 0. The molecule has 0 aromatic heterocycles. The summed E-state index contributed by atoms with van der Waals surface area (Å²) in [6.45, 7) is 14.2. The van der Waals surface area contributed by atoms with Crippen LogP contribution in [0.15, 0.2) is 0 Å². The second-order valence-electron chi connectivity index (χ2n) is 13.6. The maximum atomic E-state index is 13.3. The van der Waals surface area contributed by atoms with Gasteiger partial charge in [-0.25, -0.2) is 0 Å². The third kappa shape index (κ3) is 8.39. The smallest absolute Gasteiger partial charge is 0.311 e. The Bertz CT molecular complexity index is 841. The molecular formula is C30H58N2O9. The minimum absolute atomic E-state index is 0.0990. The topological polar surface area (TPSA) is 152 Å². The van der Waals surface area contributed by atoms with Gasteiger partial charge in [0.25, 0.3) is 0 Å². The molecular weight excluding hydrogens is 532 g/mol. The minimum atomic E-state index is -1.75. The number of hydrogen-bond donors (Lipinski definition) is 5. The van der Waals surface area contributed by atoms with Crippen molar-refractivity contribution < 1.29 is 44.5 Å². The van der Waals surface area contributed by atoms with Crippen molar-refractivity contribution in [2.45, 2.75) is 141 Å². The van der Waals surface area contributed by atoms with Crippen molar-refractivity contribution in [1.29, 1.82) is 0 Å². The van der Waals surface area contributed by atoms with Gasteiger partial charge >= 0.3 is 5.97 Å². The molecule has 0 radical (unpaired) electrons. The van der Waals surface area contributed by atoms with Gasteiger partial charge in [0.15, 0.2) is 6.29 Å². The van der Waals surface area contributed by atoms with Crippen LogP contribution in [0.1, 0.15) is 74.7 Å². The van der Waals surface area contributed by atoms with E-state index in [0.29, 0.717) is 13.0 Å². The first kappa shape index (κ1) is 36.3. The van der Waals surface area contributed by atoms with Gasteiger partial charge in [0, 0.05) is 24.5 Å².